The van der Waals surface area contributed by atoms with E-state index < -0.39 is 5.97 Å². The number of carboxylic acids is 1. The fraction of sp³-hybridized carbons (Fsp3) is 0.0714. The van der Waals surface area contributed by atoms with Gasteiger partial charge in [0.25, 0.3) is 0 Å². The second-order valence-corrected chi connectivity index (χ2v) is 4.27. The molecule has 0 spiro atoms. The van der Waals surface area contributed by atoms with Gasteiger partial charge in [-0.05, 0) is 23.8 Å². The number of pyridine rings is 1. The summed E-state index contributed by atoms with van der Waals surface area (Å²) in [4.78, 5) is 14.7. The molecule has 0 aliphatic carbocycles. The molecule has 0 bridgehead atoms. The van der Waals surface area contributed by atoms with Crippen LogP contribution in [0.2, 0.25) is 5.02 Å². The van der Waals surface area contributed by atoms with Gasteiger partial charge in [-0.25, -0.2) is 9.78 Å². The van der Waals surface area contributed by atoms with Gasteiger partial charge in [-0.3, -0.25) is 0 Å². The molecule has 1 aromatic carbocycles. The molecule has 6 heteroatoms. The minimum absolute atomic E-state index is 0.0502. The van der Waals surface area contributed by atoms with E-state index >= 15 is 0 Å². The summed E-state index contributed by atoms with van der Waals surface area (Å²) < 4.78 is 5.44. The largest absolute Gasteiger partial charge is 0.476 e. The van der Waals surface area contributed by atoms with Crippen LogP contribution < -0.4 is 4.74 Å². The first-order valence-corrected chi connectivity index (χ1v) is 6.01. The lowest BCUT2D eigenvalue weighted by Crippen LogP contribution is -2.02. The number of halogens is 1. The molecule has 0 unspecified atom stereocenters. The zero-order chi connectivity index (χ0) is 14.5. The maximum absolute atomic E-state index is 10.9. The Kier molecular flexibility index (Phi) is 4.18. The molecule has 0 amide bonds. The van der Waals surface area contributed by atoms with Crippen molar-refractivity contribution < 1.29 is 14.6 Å². The van der Waals surface area contributed by atoms with E-state index in [1.54, 1.807) is 24.3 Å². The topological polar surface area (TPSA) is 83.2 Å². The molecule has 0 saturated carbocycles. The molecular weight excluding hydrogens is 280 g/mol. The van der Waals surface area contributed by atoms with Crippen LogP contribution in [0.1, 0.15) is 16.1 Å². The van der Waals surface area contributed by atoms with Crippen LogP contribution in [-0.2, 0) is 6.42 Å². The number of carboxylic acid groups (broad SMARTS) is 1. The Balaban J connectivity index is 2.20. The summed E-state index contributed by atoms with van der Waals surface area (Å²) in [5.41, 5.74) is 0.611. The van der Waals surface area contributed by atoms with Crippen LogP contribution in [0, 0.1) is 11.3 Å². The van der Waals surface area contributed by atoms with Crippen LogP contribution in [-0.4, -0.2) is 16.1 Å². The molecule has 0 atom stereocenters. The molecule has 0 aliphatic heterocycles. The van der Waals surface area contributed by atoms with Gasteiger partial charge in [0.1, 0.15) is 5.75 Å². The molecule has 1 heterocycles. The summed E-state index contributed by atoms with van der Waals surface area (Å²) in [6.45, 7) is 0. The van der Waals surface area contributed by atoms with Gasteiger partial charge in [0.05, 0.1) is 17.5 Å². The van der Waals surface area contributed by atoms with Crippen molar-refractivity contribution in [1.82, 2.24) is 4.98 Å². The van der Waals surface area contributed by atoms with Gasteiger partial charge in [0.2, 0.25) is 5.88 Å². The van der Waals surface area contributed by atoms with E-state index in [1.165, 1.54) is 12.1 Å². The van der Waals surface area contributed by atoms with Crippen LogP contribution >= 0.6 is 11.6 Å². The summed E-state index contributed by atoms with van der Waals surface area (Å²) in [7, 11) is 0. The second-order valence-electron chi connectivity index (χ2n) is 3.87. The van der Waals surface area contributed by atoms with E-state index in [0.29, 0.717) is 12.2 Å². The molecule has 20 heavy (non-hydrogen) atoms. The summed E-state index contributed by atoms with van der Waals surface area (Å²) >= 11 is 5.72. The third kappa shape index (κ3) is 3.25. The van der Waals surface area contributed by atoms with E-state index in [2.05, 4.69) is 4.98 Å². The molecule has 0 radical (unpaired) electrons. The Bertz CT molecular complexity index is 678. The lowest BCUT2D eigenvalue weighted by Gasteiger charge is -2.06. The van der Waals surface area contributed by atoms with E-state index in [0.717, 1.165) is 5.56 Å². The Morgan fingerprint density at radius 2 is 2.00 bits per heavy atom. The molecular formula is C14H9ClN2O3. The van der Waals surface area contributed by atoms with Gasteiger partial charge < -0.3 is 9.84 Å². The fourth-order valence-corrected chi connectivity index (χ4v) is 1.70. The highest BCUT2D eigenvalue weighted by molar-refractivity contribution is 6.33. The maximum Gasteiger partial charge on any atom is 0.356 e. The average molecular weight is 289 g/mol. The van der Waals surface area contributed by atoms with Crippen molar-refractivity contribution in [3.63, 3.8) is 0 Å². The lowest BCUT2D eigenvalue weighted by molar-refractivity contribution is 0.0690. The number of aromatic carboxylic acids is 1. The molecule has 0 saturated heterocycles. The van der Waals surface area contributed by atoms with Crippen LogP contribution in [0.15, 0.2) is 36.4 Å². The van der Waals surface area contributed by atoms with Gasteiger partial charge in [0.15, 0.2) is 5.69 Å². The van der Waals surface area contributed by atoms with E-state index in [4.69, 9.17) is 26.7 Å². The maximum atomic E-state index is 10.9. The number of nitrogens with zero attached hydrogens (tertiary/aromatic N) is 2. The van der Waals surface area contributed by atoms with Crippen molar-refractivity contribution in [2.75, 3.05) is 0 Å². The standard InChI is InChI=1S/C14H9ClN2O3/c15-11-5-6-12(17-13(11)14(18)19)20-10-3-1-9(2-4-10)7-8-16/h1-6H,7H2,(H,18,19). The first-order chi connectivity index (χ1) is 9.60. The summed E-state index contributed by atoms with van der Waals surface area (Å²) in [5, 5.41) is 17.5. The lowest BCUT2D eigenvalue weighted by atomic mass is 10.2. The summed E-state index contributed by atoms with van der Waals surface area (Å²) in [5.74, 6) is -0.581. The number of aromatic nitrogens is 1. The Morgan fingerprint density at radius 1 is 1.30 bits per heavy atom. The molecule has 2 aromatic rings. The molecule has 5 nitrogen and oxygen atoms in total. The van der Waals surface area contributed by atoms with Crippen molar-refractivity contribution in [2.24, 2.45) is 0 Å². The van der Waals surface area contributed by atoms with E-state index in [-0.39, 0.29) is 16.6 Å². The van der Waals surface area contributed by atoms with Crippen LogP contribution in [0.4, 0.5) is 0 Å². The van der Waals surface area contributed by atoms with Crippen molar-refractivity contribution >= 4 is 17.6 Å². The zero-order valence-corrected chi connectivity index (χ0v) is 11.0. The first-order valence-electron chi connectivity index (χ1n) is 5.63. The molecule has 100 valence electrons. The van der Waals surface area contributed by atoms with Crippen molar-refractivity contribution in [3.8, 4) is 17.7 Å². The quantitative estimate of drug-likeness (QED) is 0.933. The molecule has 0 fully saturated rings. The SMILES string of the molecule is N#CCc1ccc(Oc2ccc(Cl)c(C(=O)O)n2)cc1. The number of carbonyl (C=O) groups is 1. The summed E-state index contributed by atoms with van der Waals surface area (Å²) in [6, 6.07) is 11.8. The van der Waals surface area contributed by atoms with E-state index in [9.17, 15) is 4.79 Å². The average Bonchev–Trinajstić information content (AvgIpc) is 2.43. The van der Waals surface area contributed by atoms with Crippen LogP contribution in [0.5, 0.6) is 11.6 Å². The Hall–Kier alpha value is -2.58. The van der Waals surface area contributed by atoms with Crippen molar-refractivity contribution in [1.29, 1.82) is 5.26 Å². The third-order valence-corrected chi connectivity index (χ3v) is 2.76. The number of nitriles is 1. The third-order valence-electron chi connectivity index (χ3n) is 2.45. The van der Waals surface area contributed by atoms with Gasteiger partial charge in [-0.2, -0.15) is 5.26 Å². The number of hydrogen-bond acceptors (Lipinski definition) is 4. The molecule has 2 rings (SSSR count). The smallest absolute Gasteiger partial charge is 0.356 e. The molecule has 0 aliphatic rings. The number of benzene rings is 1. The molecule has 1 aromatic heterocycles. The first kappa shape index (κ1) is 13.8. The molecule has 1 N–H and O–H groups in total. The Morgan fingerprint density at radius 3 is 2.60 bits per heavy atom. The van der Waals surface area contributed by atoms with E-state index in [1.807, 2.05) is 6.07 Å². The predicted molar refractivity (Wildman–Crippen MR) is 72.0 cm³/mol. The number of hydrogen-bond donors (Lipinski definition) is 1. The minimum Gasteiger partial charge on any atom is -0.476 e. The monoisotopic (exact) mass is 288 g/mol. The Labute approximate surface area is 120 Å². The highest BCUT2D eigenvalue weighted by Gasteiger charge is 2.12. The highest BCUT2D eigenvalue weighted by atomic mass is 35.5. The van der Waals surface area contributed by atoms with Crippen molar-refractivity contribution in [2.45, 2.75) is 6.42 Å². The van der Waals surface area contributed by atoms with Crippen LogP contribution in [0.25, 0.3) is 0 Å². The normalized spacial score (nSPS) is 9.80. The van der Waals surface area contributed by atoms with Gasteiger partial charge in [-0.1, -0.05) is 23.7 Å². The second kappa shape index (κ2) is 6.04. The van der Waals surface area contributed by atoms with Crippen molar-refractivity contribution in [3.05, 3.63) is 52.7 Å². The number of rotatable bonds is 4. The number of ether oxygens (including phenoxy) is 1. The van der Waals surface area contributed by atoms with Gasteiger partial charge in [0, 0.05) is 6.07 Å². The predicted octanol–water partition coefficient (Wildman–Crippen LogP) is 3.29. The summed E-state index contributed by atoms with van der Waals surface area (Å²) in [6.07, 6.45) is 0.322. The van der Waals surface area contributed by atoms with Crippen LogP contribution in [0.3, 0.4) is 0 Å². The van der Waals surface area contributed by atoms with Gasteiger partial charge in [-0.15, -0.1) is 0 Å². The van der Waals surface area contributed by atoms with Gasteiger partial charge >= 0.3 is 5.97 Å². The fourth-order valence-electron chi connectivity index (χ4n) is 1.52. The highest BCUT2D eigenvalue weighted by Crippen LogP contribution is 2.23. The minimum atomic E-state index is -1.22. The zero-order valence-electron chi connectivity index (χ0n) is 10.2.